The number of carbonyl (C=O) groups excluding carboxylic acids is 1. The van der Waals surface area contributed by atoms with Crippen LogP contribution in [0.5, 0.6) is 0 Å². The molecule has 0 bridgehead atoms. The summed E-state index contributed by atoms with van der Waals surface area (Å²) in [6.45, 7) is 4.00. The first-order valence-electron chi connectivity index (χ1n) is 5.93. The number of halogens is 1. The third kappa shape index (κ3) is 4.89. The fourth-order valence-electron chi connectivity index (χ4n) is 1.61. The maximum Gasteiger partial charge on any atom is 0.317 e. The van der Waals surface area contributed by atoms with Gasteiger partial charge >= 0.3 is 5.97 Å². The Labute approximate surface area is 117 Å². The first-order valence-corrected chi connectivity index (χ1v) is 6.31. The lowest BCUT2D eigenvalue weighted by Crippen LogP contribution is -2.36. The van der Waals surface area contributed by atoms with Crippen molar-refractivity contribution in [1.82, 2.24) is 4.90 Å². The monoisotopic (exact) mass is 284 g/mol. The molecule has 0 unspecified atom stereocenters. The van der Waals surface area contributed by atoms with E-state index in [1.54, 1.807) is 25.1 Å². The highest BCUT2D eigenvalue weighted by atomic mass is 35.5. The number of anilines is 1. The van der Waals surface area contributed by atoms with Gasteiger partial charge in [0.05, 0.1) is 13.1 Å². The molecule has 0 fully saturated rings. The van der Waals surface area contributed by atoms with E-state index in [1.807, 2.05) is 6.92 Å². The molecule has 0 spiro atoms. The Balaban J connectivity index is 2.64. The highest BCUT2D eigenvalue weighted by Gasteiger charge is 2.13. The van der Waals surface area contributed by atoms with E-state index in [1.165, 1.54) is 4.90 Å². The molecule has 0 heterocycles. The number of aliphatic carboxylic acids is 1. The number of nitrogens with one attached hydrogen (secondary N) is 1. The second-order valence-electron chi connectivity index (χ2n) is 4.16. The molecule has 1 aromatic rings. The van der Waals surface area contributed by atoms with E-state index in [4.69, 9.17) is 16.7 Å². The quantitative estimate of drug-likeness (QED) is 0.838. The lowest BCUT2D eigenvalue weighted by atomic mass is 10.2. The average Bonchev–Trinajstić information content (AvgIpc) is 2.33. The van der Waals surface area contributed by atoms with E-state index in [0.717, 1.165) is 5.56 Å². The van der Waals surface area contributed by atoms with Gasteiger partial charge in [-0.25, -0.2) is 0 Å². The van der Waals surface area contributed by atoms with Gasteiger partial charge in [-0.2, -0.15) is 0 Å². The lowest BCUT2D eigenvalue weighted by Gasteiger charge is -2.18. The Morgan fingerprint density at radius 1 is 1.37 bits per heavy atom. The average molecular weight is 285 g/mol. The SMILES string of the molecule is CCN(CC(=O)O)CC(=O)Nc1cccc(Cl)c1C. The minimum Gasteiger partial charge on any atom is -0.480 e. The molecule has 0 saturated carbocycles. The van der Waals surface area contributed by atoms with E-state index in [0.29, 0.717) is 17.3 Å². The predicted molar refractivity (Wildman–Crippen MR) is 74.6 cm³/mol. The van der Waals surface area contributed by atoms with E-state index in [9.17, 15) is 9.59 Å². The zero-order chi connectivity index (χ0) is 14.4. The van der Waals surface area contributed by atoms with Crippen molar-refractivity contribution in [3.8, 4) is 0 Å². The van der Waals surface area contributed by atoms with Crippen LogP contribution < -0.4 is 5.32 Å². The van der Waals surface area contributed by atoms with Gasteiger partial charge in [0, 0.05) is 10.7 Å². The van der Waals surface area contributed by atoms with Crippen molar-refractivity contribution in [3.05, 3.63) is 28.8 Å². The molecule has 6 heteroatoms. The Kier molecular flexibility index (Phi) is 5.79. The molecule has 0 aromatic heterocycles. The summed E-state index contributed by atoms with van der Waals surface area (Å²) >= 11 is 5.96. The molecule has 0 aliphatic heterocycles. The summed E-state index contributed by atoms with van der Waals surface area (Å²) in [4.78, 5) is 24.0. The smallest absolute Gasteiger partial charge is 0.317 e. The fourth-order valence-corrected chi connectivity index (χ4v) is 1.78. The minimum atomic E-state index is -0.950. The van der Waals surface area contributed by atoms with E-state index >= 15 is 0 Å². The van der Waals surface area contributed by atoms with Gasteiger partial charge in [0.1, 0.15) is 0 Å². The highest BCUT2D eigenvalue weighted by Crippen LogP contribution is 2.22. The summed E-state index contributed by atoms with van der Waals surface area (Å²) in [7, 11) is 0. The molecule has 1 aromatic carbocycles. The molecule has 0 aliphatic rings. The van der Waals surface area contributed by atoms with Gasteiger partial charge in [-0.05, 0) is 31.2 Å². The standard InChI is InChI=1S/C13H17ClN2O3/c1-3-16(8-13(18)19)7-12(17)15-11-6-4-5-10(14)9(11)2/h4-6H,3,7-8H2,1-2H3,(H,15,17)(H,18,19). The molecule has 0 aliphatic carbocycles. The second-order valence-corrected chi connectivity index (χ2v) is 4.56. The normalized spacial score (nSPS) is 10.5. The number of amides is 1. The van der Waals surface area contributed by atoms with Gasteiger partial charge < -0.3 is 10.4 Å². The van der Waals surface area contributed by atoms with Crippen LogP contribution in [0.25, 0.3) is 0 Å². The number of hydrogen-bond donors (Lipinski definition) is 2. The lowest BCUT2D eigenvalue weighted by molar-refractivity contribution is -0.138. The number of benzene rings is 1. The molecule has 5 nitrogen and oxygen atoms in total. The zero-order valence-electron chi connectivity index (χ0n) is 10.9. The molecular weight excluding hydrogens is 268 g/mol. The van der Waals surface area contributed by atoms with Crippen molar-refractivity contribution in [2.45, 2.75) is 13.8 Å². The molecule has 2 N–H and O–H groups in total. The summed E-state index contributed by atoms with van der Waals surface area (Å²) in [6, 6.07) is 5.25. The molecule has 1 amide bonds. The van der Waals surface area contributed by atoms with Crippen molar-refractivity contribution in [3.63, 3.8) is 0 Å². The van der Waals surface area contributed by atoms with Crippen LogP contribution in [-0.4, -0.2) is 41.5 Å². The summed E-state index contributed by atoms with van der Waals surface area (Å²) in [5.74, 6) is -1.21. The van der Waals surface area contributed by atoms with Gasteiger partial charge in [-0.3, -0.25) is 14.5 Å². The van der Waals surface area contributed by atoms with Gasteiger partial charge in [-0.15, -0.1) is 0 Å². The molecule has 104 valence electrons. The molecule has 0 radical (unpaired) electrons. The van der Waals surface area contributed by atoms with Crippen LogP contribution in [0.3, 0.4) is 0 Å². The topological polar surface area (TPSA) is 69.6 Å². The van der Waals surface area contributed by atoms with E-state index in [2.05, 4.69) is 5.32 Å². The van der Waals surface area contributed by atoms with Crippen LogP contribution in [0, 0.1) is 6.92 Å². The number of rotatable bonds is 6. The van der Waals surface area contributed by atoms with Crippen LogP contribution in [0.1, 0.15) is 12.5 Å². The Bertz CT molecular complexity index is 477. The first-order chi connectivity index (χ1) is 8.93. The van der Waals surface area contributed by atoms with E-state index < -0.39 is 5.97 Å². The van der Waals surface area contributed by atoms with Crippen molar-refractivity contribution in [2.75, 3.05) is 25.0 Å². The summed E-state index contributed by atoms with van der Waals surface area (Å²) < 4.78 is 0. The van der Waals surface area contributed by atoms with Crippen LogP contribution in [0.2, 0.25) is 5.02 Å². The summed E-state index contributed by atoms with van der Waals surface area (Å²) in [6.07, 6.45) is 0. The maximum absolute atomic E-state index is 11.8. The summed E-state index contributed by atoms with van der Waals surface area (Å²) in [5, 5.41) is 12.0. The maximum atomic E-state index is 11.8. The third-order valence-electron chi connectivity index (χ3n) is 2.72. The molecule has 1 rings (SSSR count). The number of hydrogen-bond acceptors (Lipinski definition) is 3. The molecule has 0 saturated heterocycles. The van der Waals surface area contributed by atoms with Gasteiger partial charge in [0.2, 0.25) is 5.91 Å². The van der Waals surface area contributed by atoms with Crippen molar-refractivity contribution < 1.29 is 14.7 Å². The van der Waals surface area contributed by atoms with Crippen molar-refractivity contribution >= 4 is 29.2 Å². The van der Waals surface area contributed by atoms with Crippen LogP contribution in [0.4, 0.5) is 5.69 Å². The van der Waals surface area contributed by atoms with Gasteiger partial charge in [-0.1, -0.05) is 24.6 Å². The number of nitrogens with zero attached hydrogens (tertiary/aromatic N) is 1. The van der Waals surface area contributed by atoms with Crippen molar-refractivity contribution in [1.29, 1.82) is 0 Å². The number of likely N-dealkylation sites (N-methyl/N-ethyl adjacent to an activating group) is 1. The Morgan fingerprint density at radius 2 is 2.05 bits per heavy atom. The Morgan fingerprint density at radius 3 is 2.63 bits per heavy atom. The molecular formula is C13H17ClN2O3. The van der Waals surface area contributed by atoms with Crippen LogP contribution >= 0.6 is 11.6 Å². The summed E-state index contributed by atoms with van der Waals surface area (Å²) in [5.41, 5.74) is 1.43. The van der Waals surface area contributed by atoms with Gasteiger partial charge in [0.25, 0.3) is 0 Å². The third-order valence-corrected chi connectivity index (χ3v) is 3.12. The first kappa shape index (κ1) is 15.5. The Hall–Kier alpha value is -1.59. The minimum absolute atomic E-state index is 0.0365. The second kappa shape index (κ2) is 7.11. The van der Waals surface area contributed by atoms with Gasteiger partial charge in [0.15, 0.2) is 0 Å². The van der Waals surface area contributed by atoms with Crippen molar-refractivity contribution in [2.24, 2.45) is 0 Å². The van der Waals surface area contributed by atoms with Crippen LogP contribution in [-0.2, 0) is 9.59 Å². The zero-order valence-corrected chi connectivity index (χ0v) is 11.7. The predicted octanol–water partition coefficient (Wildman–Crippen LogP) is 1.99. The fraction of sp³-hybridized carbons (Fsp3) is 0.385. The van der Waals surface area contributed by atoms with E-state index in [-0.39, 0.29) is 19.0 Å². The highest BCUT2D eigenvalue weighted by molar-refractivity contribution is 6.31. The van der Waals surface area contributed by atoms with Crippen LogP contribution in [0.15, 0.2) is 18.2 Å². The number of carbonyl (C=O) groups is 2. The number of carboxylic acids is 1. The largest absolute Gasteiger partial charge is 0.480 e. The molecule has 0 atom stereocenters. The number of carboxylic acid groups (broad SMARTS) is 1. The molecule has 19 heavy (non-hydrogen) atoms.